The minimum Gasteiger partial charge on any atom is -0.371 e. The SMILES string of the molecule is O=C(NCCCN1CCc2ccccc21)NCc1ccnc(N2CCCCC2)c1. The number of amides is 2. The first-order valence-electron chi connectivity index (χ1n) is 10.8. The van der Waals surface area contributed by atoms with Gasteiger partial charge < -0.3 is 20.4 Å². The lowest BCUT2D eigenvalue weighted by Crippen LogP contribution is -2.37. The van der Waals surface area contributed by atoms with Crippen molar-refractivity contribution >= 4 is 17.5 Å². The van der Waals surface area contributed by atoms with Gasteiger partial charge in [-0.05, 0) is 61.4 Å². The quantitative estimate of drug-likeness (QED) is 0.709. The zero-order chi connectivity index (χ0) is 19.9. The highest BCUT2D eigenvalue weighted by atomic mass is 16.2. The molecule has 0 aliphatic carbocycles. The number of nitrogens with zero attached hydrogens (tertiary/aromatic N) is 3. The molecule has 154 valence electrons. The highest BCUT2D eigenvalue weighted by Gasteiger charge is 2.17. The van der Waals surface area contributed by atoms with Gasteiger partial charge in [0, 0.05) is 51.2 Å². The normalized spacial score (nSPS) is 15.9. The van der Waals surface area contributed by atoms with Gasteiger partial charge in [-0.25, -0.2) is 9.78 Å². The lowest BCUT2D eigenvalue weighted by atomic mass is 10.1. The van der Waals surface area contributed by atoms with Crippen LogP contribution in [0.3, 0.4) is 0 Å². The van der Waals surface area contributed by atoms with Gasteiger partial charge in [0.25, 0.3) is 0 Å². The molecular formula is C23H31N5O. The number of aromatic nitrogens is 1. The van der Waals surface area contributed by atoms with Crippen molar-refractivity contribution in [3.05, 3.63) is 53.7 Å². The molecule has 2 N–H and O–H groups in total. The first kappa shape index (κ1) is 19.6. The first-order chi connectivity index (χ1) is 14.3. The molecule has 0 radical (unpaired) electrons. The van der Waals surface area contributed by atoms with Gasteiger partial charge in [0.1, 0.15) is 5.82 Å². The van der Waals surface area contributed by atoms with Crippen LogP contribution in [0.4, 0.5) is 16.3 Å². The Labute approximate surface area is 173 Å². The second-order valence-corrected chi connectivity index (χ2v) is 7.90. The number of urea groups is 1. The van der Waals surface area contributed by atoms with Crippen LogP contribution in [0.2, 0.25) is 0 Å². The number of piperidine rings is 1. The highest BCUT2D eigenvalue weighted by molar-refractivity contribution is 5.73. The molecule has 0 bridgehead atoms. The molecule has 4 rings (SSSR count). The van der Waals surface area contributed by atoms with Crippen molar-refractivity contribution in [2.24, 2.45) is 0 Å². The summed E-state index contributed by atoms with van der Waals surface area (Å²) in [6.45, 7) is 5.40. The van der Waals surface area contributed by atoms with E-state index in [9.17, 15) is 4.79 Å². The van der Waals surface area contributed by atoms with E-state index in [1.54, 1.807) is 0 Å². The lowest BCUT2D eigenvalue weighted by molar-refractivity contribution is 0.240. The molecule has 2 aromatic rings. The number of fused-ring (bicyclic) bond motifs is 1. The number of benzene rings is 1. The average Bonchev–Trinajstić information content (AvgIpc) is 3.19. The van der Waals surface area contributed by atoms with Crippen molar-refractivity contribution in [2.45, 2.75) is 38.6 Å². The summed E-state index contributed by atoms with van der Waals surface area (Å²) in [6.07, 6.45) is 7.67. The van der Waals surface area contributed by atoms with Crippen LogP contribution >= 0.6 is 0 Å². The number of nitrogens with one attached hydrogen (secondary N) is 2. The second kappa shape index (κ2) is 9.63. The van der Waals surface area contributed by atoms with Gasteiger partial charge >= 0.3 is 6.03 Å². The van der Waals surface area contributed by atoms with Crippen molar-refractivity contribution < 1.29 is 4.79 Å². The van der Waals surface area contributed by atoms with E-state index in [1.165, 1.54) is 30.5 Å². The Morgan fingerprint density at radius 2 is 1.90 bits per heavy atom. The number of hydrogen-bond acceptors (Lipinski definition) is 4. The highest BCUT2D eigenvalue weighted by Crippen LogP contribution is 2.27. The topological polar surface area (TPSA) is 60.5 Å². The zero-order valence-electron chi connectivity index (χ0n) is 17.1. The molecule has 3 heterocycles. The maximum atomic E-state index is 12.1. The fraction of sp³-hybridized carbons (Fsp3) is 0.478. The van der Waals surface area contributed by atoms with Gasteiger partial charge in [0.15, 0.2) is 0 Å². The second-order valence-electron chi connectivity index (χ2n) is 7.90. The number of pyridine rings is 1. The fourth-order valence-corrected chi connectivity index (χ4v) is 4.22. The summed E-state index contributed by atoms with van der Waals surface area (Å²) in [7, 11) is 0. The monoisotopic (exact) mass is 393 g/mol. The largest absolute Gasteiger partial charge is 0.371 e. The van der Waals surface area contributed by atoms with E-state index < -0.39 is 0 Å². The molecular weight excluding hydrogens is 362 g/mol. The molecule has 0 spiro atoms. The van der Waals surface area contributed by atoms with Gasteiger partial charge in [0.2, 0.25) is 0 Å². The summed E-state index contributed by atoms with van der Waals surface area (Å²) in [5.41, 5.74) is 3.86. The van der Waals surface area contributed by atoms with E-state index in [-0.39, 0.29) is 6.03 Å². The minimum atomic E-state index is -0.108. The number of hydrogen-bond donors (Lipinski definition) is 2. The lowest BCUT2D eigenvalue weighted by Gasteiger charge is -2.27. The molecule has 0 unspecified atom stereocenters. The van der Waals surface area contributed by atoms with Gasteiger partial charge in [-0.2, -0.15) is 0 Å². The summed E-state index contributed by atoms with van der Waals surface area (Å²) >= 11 is 0. The predicted molar refractivity (Wildman–Crippen MR) is 118 cm³/mol. The Kier molecular flexibility index (Phi) is 6.49. The van der Waals surface area contributed by atoms with Crippen LogP contribution in [0.25, 0.3) is 0 Å². The fourth-order valence-electron chi connectivity index (χ4n) is 4.22. The maximum absolute atomic E-state index is 12.1. The molecule has 1 aromatic carbocycles. The Morgan fingerprint density at radius 1 is 1.03 bits per heavy atom. The minimum absolute atomic E-state index is 0.108. The average molecular weight is 394 g/mol. The van der Waals surface area contributed by atoms with E-state index >= 15 is 0 Å². The van der Waals surface area contributed by atoms with Crippen LogP contribution < -0.4 is 20.4 Å². The van der Waals surface area contributed by atoms with Crippen LogP contribution in [0.15, 0.2) is 42.6 Å². The van der Waals surface area contributed by atoms with Crippen molar-refractivity contribution in [3.8, 4) is 0 Å². The van der Waals surface area contributed by atoms with E-state index in [2.05, 4.69) is 55.7 Å². The first-order valence-corrected chi connectivity index (χ1v) is 10.8. The van der Waals surface area contributed by atoms with E-state index in [1.807, 2.05) is 12.3 Å². The molecule has 2 aliphatic heterocycles. The number of carbonyl (C=O) groups excluding carboxylic acids is 1. The third-order valence-corrected chi connectivity index (χ3v) is 5.82. The van der Waals surface area contributed by atoms with Gasteiger partial charge in [0.05, 0.1) is 0 Å². The van der Waals surface area contributed by atoms with Crippen molar-refractivity contribution in [1.82, 2.24) is 15.6 Å². The molecule has 0 atom stereocenters. The van der Waals surface area contributed by atoms with Crippen molar-refractivity contribution in [3.63, 3.8) is 0 Å². The van der Waals surface area contributed by atoms with Crippen LogP contribution in [0, 0.1) is 0 Å². The smallest absolute Gasteiger partial charge is 0.315 e. The maximum Gasteiger partial charge on any atom is 0.315 e. The third-order valence-electron chi connectivity index (χ3n) is 5.82. The Balaban J connectivity index is 1.16. The van der Waals surface area contributed by atoms with E-state index in [4.69, 9.17) is 0 Å². The molecule has 2 amide bonds. The Morgan fingerprint density at radius 3 is 2.79 bits per heavy atom. The molecule has 29 heavy (non-hydrogen) atoms. The Bertz CT molecular complexity index is 818. The molecule has 2 aliphatic rings. The number of anilines is 2. The molecule has 1 saturated heterocycles. The predicted octanol–water partition coefficient (Wildman–Crippen LogP) is 3.32. The summed E-state index contributed by atoms with van der Waals surface area (Å²) in [5, 5.41) is 5.94. The van der Waals surface area contributed by atoms with Crippen LogP contribution in [-0.2, 0) is 13.0 Å². The Hall–Kier alpha value is -2.76. The van der Waals surface area contributed by atoms with Crippen LogP contribution in [0.5, 0.6) is 0 Å². The summed E-state index contributed by atoms with van der Waals surface area (Å²) in [6, 6.07) is 12.6. The summed E-state index contributed by atoms with van der Waals surface area (Å²) < 4.78 is 0. The van der Waals surface area contributed by atoms with Crippen molar-refractivity contribution in [2.75, 3.05) is 42.5 Å². The number of para-hydroxylation sites is 1. The van der Waals surface area contributed by atoms with E-state index in [0.29, 0.717) is 13.1 Å². The summed E-state index contributed by atoms with van der Waals surface area (Å²) in [5.74, 6) is 1.02. The van der Waals surface area contributed by atoms with Crippen LogP contribution in [0.1, 0.15) is 36.8 Å². The zero-order valence-corrected chi connectivity index (χ0v) is 17.1. The number of carbonyl (C=O) groups is 1. The number of rotatable bonds is 7. The van der Waals surface area contributed by atoms with Gasteiger partial charge in [-0.1, -0.05) is 18.2 Å². The molecule has 6 heteroatoms. The van der Waals surface area contributed by atoms with Crippen molar-refractivity contribution in [1.29, 1.82) is 0 Å². The molecule has 1 fully saturated rings. The van der Waals surface area contributed by atoms with Gasteiger partial charge in [-0.15, -0.1) is 0 Å². The third kappa shape index (κ3) is 5.19. The molecule has 6 nitrogen and oxygen atoms in total. The molecule has 1 aromatic heterocycles. The summed E-state index contributed by atoms with van der Waals surface area (Å²) in [4.78, 5) is 21.4. The van der Waals surface area contributed by atoms with Gasteiger partial charge in [-0.3, -0.25) is 0 Å². The standard InChI is InChI=1S/C23H31N5O/c29-23(25-11-6-15-27-16-10-20-7-2-3-8-21(20)27)26-18-19-9-12-24-22(17-19)28-13-4-1-5-14-28/h2-3,7-9,12,17H,1,4-6,10-11,13-16,18H2,(H2,25,26,29). The van der Waals surface area contributed by atoms with Crippen LogP contribution in [-0.4, -0.2) is 43.7 Å². The van der Waals surface area contributed by atoms with E-state index in [0.717, 1.165) is 50.4 Å². The molecule has 0 saturated carbocycles.